The molecule has 15 heavy (non-hydrogen) atoms. The van der Waals surface area contributed by atoms with Crippen LogP contribution in [-0.4, -0.2) is 17.0 Å². The van der Waals surface area contributed by atoms with E-state index in [0.717, 1.165) is 11.6 Å². The lowest BCUT2D eigenvalue weighted by molar-refractivity contribution is -0.138. The molecule has 0 aliphatic rings. The Bertz CT molecular complexity index is 378. The van der Waals surface area contributed by atoms with Crippen LogP contribution in [0.5, 0.6) is 0 Å². The zero-order chi connectivity index (χ0) is 11.3. The monoisotopic (exact) mass is 206 g/mol. The lowest BCUT2D eigenvalue weighted by Crippen LogP contribution is -2.01. The normalized spacial score (nSPS) is 9.33. The van der Waals surface area contributed by atoms with Gasteiger partial charge in [-0.3, -0.25) is 0 Å². The number of carbonyl (C=O) groups excluding carboxylic acids is 1. The van der Waals surface area contributed by atoms with Gasteiger partial charge < -0.3 is 9.84 Å². The van der Waals surface area contributed by atoms with Crippen LogP contribution in [0, 0.1) is 0 Å². The van der Waals surface area contributed by atoms with Gasteiger partial charge >= 0.3 is 11.9 Å². The maximum atomic E-state index is 10.7. The van der Waals surface area contributed by atoms with E-state index in [0.29, 0.717) is 0 Å². The zero-order valence-electron chi connectivity index (χ0n) is 7.97. The molecular weight excluding hydrogens is 196 g/mol. The highest BCUT2D eigenvalue weighted by Crippen LogP contribution is 2.05. The summed E-state index contributed by atoms with van der Waals surface area (Å²) in [5.41, 5.74) is 0.934. The Balaban J connectivity index is 2.60. The maximum Gasteiger partial charge on any atom is 0.335 e. The molecule has 0 fully saturated rings. The fraction of sp³-hybridized carbons (Fsp3) is 0.0909. The highest BCUT2D eigenvalue weighted by atomic mass is 16.5. The minimum atomic E-state index is -0.982. The molecule has 0 radical (unpaired) electrons. The molecule has 0 aromatic heterocycles. The fourth-order valence-electron chi connectivity index (χ4n) is 0.957. The van der Waals surface area contributed by atoms with Crippen LogP contribution in [0.15, 0.2) is 36.9 Å². The van der Waals surface area contributed by atoms with E-state index in [1.807, 2.05) is 0 Å². The molecule has 0 unspecified atom stereocenters. The van der Waals surface area contributed by atoms with Crippen molar-refractivity contribution >= 4 is 11.9 Å². The molecule has 0 bridgehead atoms. The Labute approximate surface area is 86.8 Å². The van der Waals surface area contributed by atoms with Gasteiger partial charge in [0.2, 0.25) is 0 Å². The highest BCUT2D eigenvalue weighted by molar-refractivity contribution is 5.87. The van der Waals surface area contributed by atoms with E-state index in [2.05, 4.69) is 6.58 Å². The molecule has 0 aliphatic carbocycles. The lowest BCUT2D eigenvalue weighted by atomic mass is 10.1. The number of carboxylic acid groups (broad SMARTS) is 1. The van der Waals surface area contributed by atoms with Gasteiger partial charge in [0.05, 0.1) is 5.56 Å². The smallest absolute Gasteiger partial charge is 0.335 e. The molecule has 0 aliphatic heterocycles. The van der Waals surface area contributed by atoms with Crippen LogP contribution in [0.1, 0.15) is 15.9 Å². The molecule has 78 valence electrons. The summed E-state index contributed by atoms with van der Waals surface area (Å²) in [6, 6.07) is 6.11. The predicted molar refractivity (Wildman–Crippen MR) is 53.4 cm³/mol. The van der Waals surface area contributed by atoms with Gasteiger partial charge in [-0.15, -0.1) is 0 Å². The van der Waals surface area contributed by atoms with Crippen molar-refractivity contribution in [3.63, 3.8) is 0 Å². The second-order valence-corrected chi connectivity index (χ2v) is 2.81. The summed E-state index contributed by atoms with van der Waals surface area (Å²) in [6.45, 7) is 3.37. The summed E-state index contributed by atoms with van der Waals surface area (Å²) in [5, 5.41) is 8.63. The van der Waals surface area contributed by atoms with E-state index in [1.165, 1.54) is 12.1 Å². The summed E-state index contributed by atoms with van der Waals surface area (Å²) in [4.78, 5) is 21.3. The second kappa shape index (κ2) is 4.95. The minimum absolute atomic E-state index is 0.116. The quantitative estimate of drug-likeness (QED) is 0.600. The Hall–Kier alpha value is -2.10. The number of carbonyl (C=O) groups is 2. The van der Waals surface area contributed by atoms with Crippen LogP contribution in [-0.2, 0) is 16.1 Å². The van der Waals surface area contributed by atoms with Crippen LogP contribution in [0.25, 0.3) is 0 Å². The third kappa shape index (κ3) is 3.27. The van der Waals surface area contributed by atoms with Gasteiger partial charge in [0, 0.05) is 6.08 Å². The number of benzene rings is 1. The molecule has 1 rings (SSSR count). The van der Waals surface area contributed by atoms with Gasteiger partial charge in [-0.1, -0.05) is 18.7 Å². The molecule has 4 heteroatoms. The molecule has 0 heterocycles. The first-order chi connectivity index (χ1) is 7.13. The molecule has 4 nitrogen and oxygen atoms in total. The summed E-state index contributed by atoms with van der Waals surface area (Å²) >= 11 is 0. The fourth-order valence-corrected chi connectivity index (χ4v) is 0.957. The van der Waals surface area contributed by atoms with Gasteiger partial charge in [-0.2, -0.15) is 0 Å². The Kier molecular flexibility index (Phi) is 3.62. The molecule has 0 spiro atoms. The summed E-state index contributed by atoms with van der Waals surface area (Å²) in [5.74, 6) is -1.48. The first-order valence-electron chi connectivity index (χ1n) is 4.25. The summed E-state index contributed by atoms with van der Waals surface area (Å²) in [7, 11) is 0. The number of ether oxygens (including phenoxy) is 1. The van der Waals surface area contributed by atoms with Gasteiger partial charge in [0.1, 0.15) is 6.61 Å². The van der Waals surface area contributed by atoms with Crippen LogP contribution in [0.3, 0.4) is 0 Å². The Morgan fingerprint density at radius 3 is 2.40 bits per heavy atom. The van der Waals surface area contributed by atoms with Crippen LogP contribution >= 0.6 is 0 Å². The van der Waals surface area contributed by atoms with Crippen LogP contribution in [0.2, 0.25) is 0 Å². The number of hydrogen-bond donors (Lipinski definition) is 1. The van der Waals surface area contributed by atoms with Crippen LogP contribution in [0.4, 0.5) is 0 Å². The van der Waals surface area contributed by atoms with Crippen molar-refractivity contribution in [2.75, 3.05) is 0 Å². The summed E-state index contributed by atoms with van der Waals surface area (Å²) < 4.78 is 4.77. The third-order valence-corrected chi connectivity index (χ3v) is 1.75. The molecule has 1 aromatic carbocycles. The number of esters is 1. The average Bonchev–Trinajstić information content (AvgIpc) is 2.26. The first kappa shape index (κ1) is 11.0. The van der Waals surface area contributed by atoms with Crippen molar-refractivity contribution in [1.82, 2.24) is 0 Å². The second-order valence-electron chi connectivity index (χ2n) is 2.81. The molecular formula is C11H10O4. The van der Waals surface area contributed by atoms with E-state index >= 15 is 0 Å². The Morgan fingerprint density at radius 1 is 1.33 bits per heavy atom. The number of aromatic carboxylic acids is 1. The molecule has 1 aromatic rings. The SMILES string of the molecule is C=CC(=O)OCc1ccc(C(=O)O)cc1. The van der Waals surface area contributed by atoms with E-state index in [-0.39, 0.29) is 12.2 Å². The van der Waals surface area contributed by atoms with Crippen LogP contribution < -0.4 is 0 Å². The molecule has 0 amide bonds. The highest BCUT2D eigenvalue weighted by Gasteiger charge is 2.02. The van der Waals surface area contributed by atoms with Gasteiger partial charge in [0.15, 0.2) is 0 Å². The zero-order valence-corrected chi connectivity index (χ0v) is 7.97. The van der Waals surface area contributed by atoms with E-state index < -0.39 is 11.9 Å². The molecule has 0 atom stereocenters. The number of hydrogen-bond acceptors (Lipinski definition) is 3. The minimum Gasteiger partial charge on any atom is -0.478 e. The van der Waals surface area contributed by atoms with Gasteiger partial charge in [-0.25, -0.2) is 9.59 Å². The molecule has 0 saturated heterocycles. The van der Waals surface area contributed by atoms with Gasteiger partial charge in [-0.05, 0) is 17.7 Å². The van der Waals surface area contributed by atoms with E-state index in [9.17, 15) is 9.59 Å². The lowest BCUT2D eigenvalue weighted by Gasteiger charge is -2.02. The summed E-state index contributed by atoms with van der Waals surface area (Å²) in [6.07, 6.45) is 1.08. The van der Waals surface area contributed by atoms with Crippen molar-refractivity contribution in [3.8, 4) is 0 Å². The largest absolute Gasteiger partial charge is 0.478 e. The van der Waals surface area contributed by atoms with E-state index in [4.69, 9.17) is 9.84 Å². The van der Waals surface area contributed by atoms with E-state index in [1.54, 1.807) is 12.1 Å². The average molecular weight is 206 g/mol. The maximum absolute atomic E-state index is 10.7. The van der Waals surface area contributed by atoms with Crippen molar-refractivity contribution in [1.29, 1.82) is 0 Å². The number of rotatable bonds is 4. The van der Waals surface area contributed by atoms with Gasteiger partial charge in [0.25, 0.3) is 0 Å². The molecule has 1 N–H and O–H groups in total. The first-order valence-corrected chi connectivity index (χ1v) is 4.25. The van der Waals surface area contributed by atoms with Crippen molar-refractivity contribution in [2.45, 2.75) is 6.61 Å². The predicted octanol–water partition coefficient (Wildman–Crippen LogP) is 1.61. The topological polar surface area (TPSA) is 63.6 Å². The number of carboxylic acids is 1. The third-order valence-electron chi connectivity index (χ3n) is 1.75. The standard InChI is InChI=1S/C11H10O4/c1-2-10(12)15-7-8-3-5-9(6-4-8)11(13)14/h2-6H,1,7H2,(H,13,14). The molecule has 0 saturated carbocycles. The van der Waals surface area contributed by atoms with Crippen molar-refractivity contribution < 1.29 is 19.4 Å². The van der Waals surface area contributed by atoms with Crippen molar-refractivity contribution in [2.24, 2.45) is 0 Å². The van der Waals surface area contributed by atoms with Crippen molar-refractivity contribution in [3.05, 3.63) is 48.0 Å². The Morgan fingerprint density at radius 2 is 1.93 bits per heavy atom.